The van der Waals surface area contributed by atoms with E-state index in [1.807, 2.05) is 22.8 Å². The van der Waals surface area contributed by atoms with Gasteiger partial charge in [0.1, 0.15) is 6.17 Å². The Morgan fingerprint density at radius 2 is 1.95 bits per heavy atom. The van der Waals surface area contributed by atoms with Gasteiger partial charge in [0.25, 0.3) is 0 Å². The van der Waals surface area contributed by atoms with Gasteiger partial charge in [0, 0.05) is 36.8 Å². The Labute approximate surface area is 253 Å². The molecule has 238 valence electrons. The Morgan fingerprint density at radius 3 is 2.74 bits per heavy atom. The lowest BCUT2D eigenvalue weighted by Gasteiger charge is -2.47. The molecule has 12 heteroatoms. The van der Waals surface area contributed by atoms with Crippen molar-refractivity contribution in [3.8, 4) is 5.88 Å². The summed E-state index contributed by atoms with van der Waals surface area (Å²) in [5, 5.41) is 16.6. The fourth-order valence-corrected chi connectivity index (χ4v) is 8.90. The minimum atomic E-state index is -4.15. The summed E-state index contributed by atoms with van der Waals surface area (Å²) in [6.07, 6.45) is 6.85. The van der Waals surface area contributed by atoms with Crippen LogP contribution in [0.25, 0.3) is 0 Å². The fraction of sp³-hybridized carbons (Fsp3) is 0.900. The zero-order valence-corrected chi connectivity index (χ0v) is 26.2. The summed E-state index contributed by atoms with van der Waals surface area (Å²) in [6.45, 7) is 10.3. The minimum Gasteiger partial charge on any atom is -0.477 e. The van der Waals surface area contributed by atoms with Crippen molar-refractivity contribution in [2.24, 2.45) is 23.2 Å². The first kappa shape index (κ1) is 31.0. The third kappa shape index (κ3) is 6.78. The summed E-state index contributed by atoms with van der Waals surface area (Å²) in [7, 11) is 0. The Kier molecular flexibility index (Phi) is 9.13. The second kappa shape index (κ2) is 12.4. The SMILES string of the molecule is CC1CCC2NCCCC3CN(C4NC(n5ccc(OCCC6(C(F)(F)F)CC6)n5)CCC4CNSC1N2)C(C)(C)C3. The quantitative estimate of drug-likeness (QED) is 0.337. The average molecular weight is 614 g/mol. The minimum absolute atomic E-state index is 0.00309. The van der Waals surface area contributed by atoms with Crippen molar-refractivity contribution in [3.05, 3.63) is 12.3 Å². The molecule has 1 aliphatic carbocycles. The van der Waals surface area contributed by atoms with E-state index < -0.39 is 11.6 Å². The largest absolute Gasteiger partial charge is 0.477 e. The molecule has 8 atom stereocenters. The fourth-order valence-electron chi connectivity index (χ4n) is 7.81. The summed E-state index contributed by atoms with van der Waals surface area (Å²) < 4.78 is 51.3. The van der Waals surface area contributed by atoms with E-state index >= 15 is 0 Å². The highest BCUT2D eigenvalue weighted by Crippen LogP contribution is 2.59. The van der Waals surface area contributed by atoms with Crippen LogP contribution in [0, 0.1) is 23.2 Å². The van der Waals surface area contributed by atoms with Gasteiger partial charge in [-0.3, -0.25) is 24.9 Å². The van der Waals surface area contributed by atoms with Crippen molar-refractivity contribution in [3.63, 3.8) is 0 Å². The molecule has 5 fully saturated rings. The summed E-state index contributed by atoms with van der Waals surface area (Å²) in [6, 6.07) is 1.78. The number of alkyl halides is 3. The number of rotatable bonds is 5. The van der Waals surface area contributed by atoms with Crippen LogP contribution < -0.4 is 25.4 Å². The van der Waals surface area contributed by atoms with Gasteiger partial charge in [-0.15, -0.1) is 5.10 Å². The maximum atomic E-state index is 13.3. The Morgan fingerprint density at radius 1 is 1.12 bits per heavy atom. The molecule has 4 N–H and O–H groups in total. The number of aromatic nitrogens is 2. The van der Waals surface area contributed by atoms with E-state index in [9.17, 15) is 13.2 Å². The molecular weight excluding hydrogens is 563 g/mol. The Bertz CT molecular complexity index is 1050. The van der Waals surface area contributed by atoms with Crippen LogP contribution in [-0.2, 0) is 0 Å². The Hall–Kier alpha value is -1.05. The number of nitrogens with zero attached hydrogens (tertiary/aromatic N) is 3. The van der Waals surface area contributed by atoms with Gasteiger partial charge in [-0.25, -0.2) is 0 Å². The van der Waals surface area contributed by atoms with Crippen LogP contribution in [0.3, 0.4) is 0 Å². The van der Waals surface area contributed by atoms with E-state index in [0.717, 1.165) is 32.5 Å². The second-order valence-corrected chi connectivity index (χ2v) is 15.3. The van der Waals surface area contributed by atoms with Gasteiger partial charge in [0.15, 0.2) is 0 Å². The van der Waals surface area contributed by atoms with Gasteiger partial charge in [0.2, 0.25) is 5.88 Å². The monoisotopic (exact) mass is 613 g/mol. The van der Waals surface area contributed by atoms with Crippen LogP contribution in [0.1, 0.15) is 91.1 Å². The zero-order chi connectivity index (χ0) is 29.5. The molecular formula is C30H50F3N7OS. The lowest BCUT2D eigenvalue weighted by Crippen LogP contribution is -2.60. The smallest absolute Gasteiger partial charge is 0.394 e. The van der Waals surface area contributed by atoms with Crippen molar-refractivity contribution < 1.29 is 17.9 Å². The van der Waals surface area contributed by atoms with Crippen LogP contribution in [0.5, 0.6) is 5.88 Å². The van der Waals surface area contributed by atoms with E-state index in [1.165, 1.54) is 32.1 Å². The van der Waals surface area contributed by atoms with Crippen molar-refractivity contribution in [1.29, 1.82) is 0 Å². The predicted octanol–water partition coefficient (Wildman–Crippen LogP) is 5.21. The highest BCUT2D eigenvalue weighted by Gasteiger charge is 2.62. The zero-order valence-electron chi connectivity index (χ0n) is 25.4. The predicted molar refractivity (Wildman–Crippen MR) is 160 cm³/mol. The molecule has 4 aliphatic heterocycles. The van der Waals surface area contributed by atoms with E-state index in [0.29, 0.717) is 35.2 Å². The molecule has 0 amide bonds. The van der Waals surface area contributed by atoms with Gasteiger partial charge in [-0.1, -0.05) is 18.9 Å². The summed E-state index contributed by atoms with van der Waals surface area (Å²) >= 11 is 1.85. The van der Waals surface area contributed by atoms with Gasteiger partial charge < -0.3 is 10.1 Å². The number of halogens is 3. The highest BCUT2D eigenvalue weighted by molar-refractivity contribution is 7.98. The normalized spacial score (nSPS) is 38.6. The summed E-state index contributed by atoms with van der Waals surface area (Å²) in [5.74, 6) is 2.16. The molecule has 5 aliphatic rings. The third-order valence-electron chi connectivity index (χ3n) is 10.7. The number of hydrogen-bond acceptors (Lipinski definition) is 8. The molecule has 1 aromatic rings. The molecule has 1 saturated carbocycles. The first-order chi connectivity index (χ1) is 20.0. The van der Waals surface area contributed by atoms with Gasteiger partial charge >= 0.3 is 6.18 Å². The Balaban J connectivity index is 1.12. The van der Waals surface area contributed by atoms with Crippen LogP contribution in [0.15, 0.2) is 12.3 Å². The number of hydrogen-bond donors (Lipinski definition) is 4. The molecule has 4 saturated heterocycles. The van der Waals surface area contributed by atoms with Crippen molar-refractivity contribution in [1.82, 2.24) is 35.4 Å². The molecule has 0 radical (unpaired) electrons. The number of ether oxygens (including phenoxy) is 1. The van der Waals surface area contributed by atoms with Gasteiger partial charge in [-0.05, 0) is 96.4 Å². The maximum Gasteiger partial charge on any atom is 0.394 e. The molecule has 6 rings (SSSR count). The number of fused-ring (bicyclic) bond motifs is 6. The van der Waals surface area contributed by atoms with Crippen molar-refractivity contribution in [2.75, 3.05) is 26.2 Å². The van der Waals surface area contributed by atoms with Crippen molar-refractivity contribution in [2.45, 2.75) is 121 Å². The lowest BCUT2D eigenvalue weighted by atomic mass is 9.90. The number of piperidine rings is 2. The van der Waals surface area contributed by atoms with Crippen LogP contribution in [0.4, 0.5) is 13.2 Å². The highest BCUT2D eigenvalue weighted by atomic mass is 32.2. The molecule has 8 nitrogen and oxygen atoms in total. The van der Waals surface area contributed by atoms with Crippen LogP contribution in [-0.4, -0.2) is 70.3 Å². The molecule has 42 heavy (non-hydrogen) atoms. The molecule has 5 heterocycles. The topological polar surface area (TPSA) is 78.4 Å². The summed E-state index contributed by atoms with van der Waals surface area (Å²) in [4.78, 5) is 2.71. The molecule has 1 aromatic heterocycles. The first-order valence-corrected chi connectivity index (χ1v) is 17.1. The molecule has 8 unspecified atom stereocenters. The first-order valence-electron chi connectivity index (χ1n) is 16.2. The van der Waals surface area contributed by atoms with E-state index in [1.54, 1.807) is 6.07 Å². The van der Waals surface area contributed by atoms with Crippen LogP contribution in [0.2, 0.25) is 0 Å². The maximum absolute atomic E-state index is 13.3. The standard InChI is InChI=1S/C30H50F3N7OS/c1-20-6-8-23-34-14-4-5-21-17-28(2,3)39(19-21)26-22(18-35-42-27(20)36-23)7-9-24(37-26)40-15-10-25(38-40)41-16-13-29(11-12-29)30(31,32)33/h10,15,20-24,26-27,34-37H,4-9,11-14,16-19H2,1-3H3. The number of nitrogens with one attached hydrogen (secondary N) is 4. The van der Waals surface area contributed by atoms with Crippen LogP contribution >= 0.6 is 11.9 Å². The molecule has 0 aromatic carbocycles. The third-order valence-corrected chi connectivity index (χ3v) is 11.9. The lowest BCUT2D eigenvalue weighted by molar-refractivity contribution is -0.190. The van der Waals surface area contributed by atoms with E-state index in [2.05, 4.69) is 51.4 Å². The molecule has 0 spiro atoms. The van der Waals surface area contributed by atoms with Crippen molar-refractivity contribution >= 4 is 11.9 Å². The molecule has 4 bridgehead atoms. The second-order valence-electron chi connectivity index (χ2n) is 14.3. The van der Waals surface area contributed by atoms with Gasteiger partial charge in [-0.2, -0.15) is 13.2 Å². The summed E-state index contributed by atoms with van der Waals surface area (Å²) in [5.41, 5.74) is -1.45. The van der Waals surface area contributed by atoms with Gasteiger partial charge in [0.05, 0.1) is 29.7 Å². The van der Waals surface area contributed by atoms with E-state index in [4.69, 9.17) is 4.74 Å². The average Bonchev–Trinajstić information content (AvgIpc) is 3.49. The van der Waals surface area contributed by atoms with E-state index in [-0.39, 0.29) is 43.7 Å².